The van der Waals surface area contributed by atoms with E-state index in [-0.39, 0.29) is 0 Å². The third kappa shape index (κ3) is 1.86. The van der Waals surface area contributed by atoms with Crippen LogP contribution in [0.15, 0.2) is 30.3 Å². The summed E-state index contributed by atoms with van der Waals surface area (Å²) in [6, 6.07) is 10.9. The second-order valence-corrected chi connectivity index (χ2v) is 7.80. The van der Waals surface area contributed by atoms with Gasteiger partial charge in [-0.2, -0.15) is 0 Å². The van der Waals surface area contributed by atoms with Crippen molar-refractivity contribution in [2.45, 2.75) is 29.5 Å². The summed E-state index contributed by atoms with van der Waals surface area (Å²) in [6.45, 7) is 0. The Morgan fingerprint density at radius 2 is 1.80 bits per heavy atom. The Morgan fingerprint density at radius 3 is 2.47 bits per heavy atom. The molecular formula is C13H15ClSe. The summed E-state index contributed by atoms with van der Waals surface area (Å²) in [4.78, 5) is 0.806. The van der Waals surface area contributed by atoms with E-state index in [0.717, 1.165) is 16.7 Å². The van der Waals surface area contributed by atoms with Crippen molar-refractivity contribution in [2.75, 3.05) is 0 Å². The van der Waals surface area contributed by atoms with Gasteiger partial charge < -0.3 is 0 Å². The molecule has 0 radical (unpaired) electrons. The summed E-state index contributed by atoms with van der Waals surface area (Å²) >= 11 is 7.13. The molecule has 15 heavy (non-hydrogen) atoms. The fourth-order valence-corrected chi connectivity index (χ4v) is 6.67. The number of benzene rings is 1. The summed E-state index contributed by atoms with van der Waals surface area (Å²) < 4.78 is 1.52. The number of hydrogen-bond donors (Lipinski definition) is 0. The predicted octanol–water partition coefficient (Wildman–Crippen LogP) is 2.84. The molecule has 2 bridgehead atoms. The molecule has 2 aliphatic rings. The molecule has 0 aliphatic heterocycles. The number of alkyl halides is 1. The minimum absolute atomic E-state index is 0.476. The van der Waals surface area contributed by atoms with Crippen LogP contribution in [0, 0.1) is 11.8 Å². The minimum atomic E-state index is 0.476. The van der Waals surface area contributed by atoms with E-state index in [1.165, 1.54) is 23.7 Å². The molecule has 0 nitrogen and oxygen atoms in total. The van der Waals surface area contributed by atoms with Gasteiger partial charge in [-0.05, 0) is 0 Å². The van der Waals surface area contributed by atoms with Crippen LogP contribution in [0.5, 0.6) is 0 Å². The fourth-order valence-electron chi connectivity index (χ4n) is 2.99. The Labute approximate surface area is 103 Å². The van der Waals surface area contributed by atoms with Crippen molar-refractivity contribution in [1.82, 2.24) is 0 Å². The third-order valence-electron chi connectivity index (χ3n) is 3.76. The van der Waals surface area contributed by atoms with Gasteiger partial charge in [0.15, 0.2) is 0 Å². The molecule has 0 saturated heterocycles. The Morgan fingerprint density at radius 1 is 1.07 bits per heavy atom. The van der Waals surface area contributed by atoms with Crippen LogP contribution in [0.4, 0.5) is 0 Å². The first-order valence-corrected chi connectivity index (χ1v) is 7.98. The van der Waals surface area contributed by atoms with Crippen LogP contribution in [0.2, 0.25) is 4.82 Å². The van der Waals surface area contributed by atoms with Gasteiger partial charge in [-0.3, -0.25) is 0 Å². The summed E-state index contributed by atoms with van der Waals surface area (Å²) in [5.74, 6) is 1.78. The predicted molar refractivity (Wildman–Crippen MR) is 66.1 cm³/mol. The van der Waals surface area contributed by atoms with Gasteiger partial charge in [0.25, 0.3) is 0 Å². The number of hydrogen-bond acceptors (Lipinski definition) is 0. The molecule has 80 valence electrons. The second kappa shape index (κ2) is 4.12. The maximum absolute atomic E-state index is 6.54. The molecule has 0 amide bonds. The monoisotopic (exact) mass is 286 g/mol. The summed E-state index contributed by atoms with van der Waals surface area (Å²) in [6.07, 6.45) is 4.24. The SMILES string of the molecule is ClC1C([Se]c2ccccc2)[C@@H]2CC[C@@H]1C2. The van der Waals surface area contributed by atoms with Crippen molar-refractivity contribution in [1.29, 1.82) is 0 Å². The molecular weight excluding hydrogens is 271 g/mol. The van der Waals surface area contributed by atoms with Crippen LogP contribution < -0.4 is 4.46 Å². The molecule has 4 atom stereocenters. The topological polar surface area (TPSA) is 0 Å². The molecule has 3 rings (SSSR count). The summed E-state index contributed by atoms with van der Waals surface area (Å²) in [7, 11) is 0. The number of halogens is 1. The molecule has 0 aromatic heterocycles. The van der Waals surface area contributed by atoms with Gasteiger partial charge in [-0.25, -0.2) is 0 Å². The maximum atomic E-state index is 6.54. The Balaban J connectivity index is 1.74. The fraction of sp³-hybridized carbons (Fsp3) is 0.538. The molecule has 0 heterocycles. The van der Waals surface area contributed by atoms with Gasteiger partial charge in [0.05, 0.1) is 0 Å². The molecule has 1 aromatic carbocycles. The van der Waals surface area contributed by atoms with Crippen molar-refractivity contribution in [2.24, 2.45) is 11.8 Å². The van der Waals surface area contributed by atoms with Gasteiger partial charge in [-0.15, -0.1) is 0 Å². The molecule has 1 aromatic rings. The van der Waals surface area contributed by atoms with E-state index >= 15 is 0 Å². The number of rotatable bonds is 2. The Kier molecular flexibility index (Phi) is 2.81. The molecule has 2 aliphatic carbocycles. The Hall–Kier alpha value is 0.0295. The normalized spacial score (nSPS) is 38.5. The van der Waals surface area contributed by atoms with E-state index in [1.807, 2.05) is 0 Å². The Bertz CT molecular complexity index is 336. The van der Waals surface area contributed by atoms with Crippen LogP contribution >= 0.6 is 11.6 Å². The molecule has 2 saturated carbocycles. The van der Waals surface area contributed by atoms with E-state index < -0.39 is 0 Å². The van der Waals surface area contributed by atoms with Crippen molar-refractivity contribution in [3.05, 3.63) is 30.3 Å². The second-order valence-electron chi connectivity index (χ2n) is 4.67. The zero-order valence-electron chi connectivity index (χ0n) is 8.60. The molecule has 2 unspecified atom stereocenters. The van der Waals surface area contributed by atoms with Crippen molar-refractivity contribution >= 4 is 31.0 Å². The summed E-state index contributed by atoms with van der Waals surface area (Å²) in [5, 5.41) is 0.476. The van der Waals surface area contributed by atoms with Crippen LogP contribution in [0.25, 0.3) is 0 Å². The number of fused-ring (bicyclic) bond motifs is 2. The van der Waals surface area contributed by atoms with Crippen LogP contribution in [-0.2, 0) is 0 Å². The van der Waals surface area contributed by atoms with Gasteiger partial charge in [0.2, 0.25) is 0 Å². The first-order valence-electron chi connectivity index (χ1n) is 5.70. The van der Waals surface area contributed by atoms with Gasteiger partial charge >= 0.3 is 103 Å². The zero-order valence-corrected chi connectivity index (χ0v) is 11.1. The van der Waals surface area contributed by atoms with E-state index in [2.05, 4.69) is 30.3 Å². The van der Waals surface area contributed by atoms with E-state index in [9.17, 15) is 0 Å². The third-order valence-corrected chi connectivity index (χ3v) is 7.86. The van der Waals surface area contributed by atoms with Crippen molar-refractivity contribution in [3.63, 3.8) is 0 Å². The van der Waals surface area contributed by atoms with Crippen molar-refractivity contribution in [3.8, 4) is 0 Å². The summed E-state index contributed by atoms with van der Waals surface area (Å²) in [5.41, 5.74) is 0. The van der Waals surface area contributed by atoms with Gasteiger partial charge in [0.1, 0.15) is 0 Å². The molecule has 0 N–H and O–H groups in total. The van der Waals surface area contributed by atoms with E-state index in [1.54, 1.807) is 0 Å². The molecule has 2 heteroatoms. The van der Waals surface area contributed by atoms with Crippen LogP contribution in [-0.4, -0.2) is 20.3 Å². The van der Waals surface area contributed by atoms with E-state index in [4.69, 9.17) is 11.6 Å². The van der Waals surface area contributed by atoms with Crippen molar-refractivity contribution < 1.29 is 0 Å². The molecule has 2 fully saturated rings. The first-order chi connectivity index (χ1) is 7.34. The van der Waals surface area contributed by atoms with Crippen LogP contribution in [0.3, 0.4) is 0 Å². The van der Waals surface area contributed by atoms with Gasteiger partial charge in [0, 0.05) is 0 Å². The van der Waals surface area contributed by atoms with E-state index in [0.29, 0.717) is 20.3 Å². The average molecular weight is 286 g/mol. The van der Waals surface area contributed by atoms with Gasteiger partial charge in [-0.1, -0.05) is 0 Å². The standard InChI is InChI=1S/C13H15ClSe/c14-12-9-6-7-10(8-9)13(12)15-11-4-2-1-3-5-11/h1-5,9-10,12-13H,6-8H2/t9-,10-,12?,13?/m1/s1. The molecule has 0 spiro atoms. The van der Waals surface area contributed by atoms with Crippen LogP contribution in [0.1, 0.15) is 19.3 Å². The quantitative estimate of drug-likeness (QED) is 0.579. The average Bonchev–Trinajstić information content (AvgIpc) is 2.84. The first kappa shape index (κ1) is 10.2. The zero-order chi connectivity index (χ0) is 10.3.